The summed E-state index contributed by atoms with van der Waals surface area (Å²) in [5.41, 5.74) is 1.89. The van der Waals surface area contributed by atoms with Gasteiger partial charge in [0.25, 0.3) is 5.69 Å². The van der Waals surface area contributed by atoms with E-state index in [1.807, 2.05) is 19.9 Å². The fraction of sp³-hybridized carbons (Fsp3) is 0.250. The molecule has 1 unspecified atom stereocenters. The summed E-state index contributed by atoms with van der Waals surface area (Å²) in [7, 11) is 0. The van der Waals surface area contributed by atoms with E-state index in [4.69, 9.17) is 0 Å². The summed E-state index contributed by atoms with van der Waals surface area (Å²) < 4.78 is 12.9. The van der Waals surface area contributed by atoms with E-state index in [2.05, 4.69) is 5.32 Å². The molecule has 2 aromatic carbocycles. The second-order valence-corrected chi connectivity index (χ2v) is 5.01. The molecule has 0 saturated heterocycles. The fourth-order valence-electron chi connectivity index (χ4n) is 2.23. The van der Waals surface area contributed by atoms with Crippen molar-refractivity contribution in [3.05, 3.63) is 75.6 Å². The van der Waals surface area contributed by atoms with Crippen LogP contribution in [0.4, 0.5) is 10.1 Å². The van der Waals surface area contributed by atoms with Crippen molar-refractivity contribution in [3.63, 3.8) is 0 Å². The molecule has 1 N–H and O–H groups in total. The molecule has 2 aromatic rings. The summed E-state index contributed by atoms with van der Waals surface area (Å²) in [5.74, 6) is -0.266. The Labute approximate surface area is 122 Å². The minimum absolute atomic E-state index is 0.0138. The smallest absolute Gasteiger partial charge is 0.269 e. The van der Waals surface area contributed by atoms with Gasteiger partial charge in [0.05, 0.1) is 4.92 Å². The second kappa shape index (κ2) is 6.45. The lowest BCUT2D eigenvalue weighted by Gasteiger charge is -2.20. The topological polar surface area (TPSA) is 55.2 Å². The van der Waals surface area contributed by atoms with Gasteiger partial charge >= 0.3 is 0 Å². The Hall–Kier alpha value is -2.27. The summed E-state index contributed by atoms with van der Waals surface area (Å²) >= 11 is 0. The molecular formula is C16H17FN2O2. The number of nitrogens with zero attached hydrogens (tertiary/aromatic N) is 1. The fourth-order valence-corrected chi connectivity index (χ4v) is 2.23. The van der Waals surface area contributed by atoms with Crippen LogP contribution in [0, 0.1) is 15.9 Å². The third kappa shape index (κ3) is 3.86. The summed E-state index contributed by atoms with van der Waals surface area (Å²) in [4.78, 5) is 10.4. The van der Waals surface area contributed by atoms with Crippen LogP contribution in [0.25, 0.3) is 0 Å². The molecule has 2 rings (SSSR count). The summed E-state index contributed by atoms with van der Waals surface area (Å²) in [6.45, 7) is 3.92. The number of hydrogen-bond acceptors (Lipinski definition) is 3. The Kier molecular flexibility index (Phi) is 4.65. The van der Waals surface area contributed by atoms with Crippen molar-refractivity contribution in [3.8, 4) is 0 Å². The first kappa shape index (κ1) is 15.1. The van der Waals surface area contributed by atoms with Crippen molar-refractivity contribution in [1.82, 2.24) is 5.32 Å². The number of nitro groups is 1. The van der Waals surface area contributed by atoms with Crippen molar-refractivity contribution in [2.45, 2.75) is 25.9 Å². The van der Waals surface area contributed by atoms with Crippen molar-refractivity contribution in [2.24, 2.45) is 0 Å². The maximum absolute atomic E-state index is 12.9. The van der Waals surface area contributed by atoms with E-state index in [9.17, 15) is 14.5 Å². The van der Waals surface area contributed by atoms with Gasteiger partial charge in [0.15, 0.2) is 0 Å². The van der Waals surface area contributed by atoms with Gasteiger partial charge in [-0.05, 0) is 37.1 Å². The van der Waals surface area contributed by atoms with E-state index in [1.54, 1.807) is 24.3 Å². The molecule has 5 heteroatoms. The van der Waals surface area contributed by atoms with Crippen LogP contribution in [-0.2, 0) is 0 Å². The highest BCUT2D eigenvalue weighted by molar-refractivity contribution is 5.35. The lowest BCUT2D eigenvalue weighted by molar-refractivity contribution is -0.384. The van der Waals surface area contributed by atoms with E-state index >= 15 is 0 Å². The van der Waals surface area contributed by atoms with Crippen LogP contribution < -0.4 is 5.32 Å². The molecular weight excluding hydrogens is 271 g/mol. The number of rotatable bonds is 5. The van der Waals surface area contributed by atoms with Crippen LogP contribution >= 0.6 is 0 Å². The highest BCUT2D eigenvalue weighted by Gasteiger charge is 2.14. The van der Waals surface area contributed by atoms with Gasteiger partial charge in [-0.15, -0.1) is 0 Å². The zero-order valence-corrected chi connectivity index (χ0v) is 11.9. The van der Waals surface area contributed by atoms with Crippen LogP contribution in [-0.4, -0.2) is 4.92 Å². The normalized spacial score (nSPS) is 13.7. The van der Waals surface area contributed by atoms with Crippen molar-refractivity contribution < 1.29 is 9.31 Å². The molecule has 0 radical (unpaired) electrons. The molecule has 0 spiro atoms. The Balaban J connectivity index is 2.10. The number of benzene rings is 2. The second-order valence-electron chi connectivity index (χ2n) is 5.01. The largest absolute Gasteiger partial charge is 0.304 e. The quantitative estimate of drug-likeness (QED) is 0.664. The van der Waals surface area contributed by atoms with Crippen LogP contribution in [0.1, 0.15) is 37.1 Å². The number of nitrogens with one attached hydrogen (secondary N) is 1. The molecule has 2 atom stereocenters. The van der Waals surface area contributed by atoms with E-state index in [0.29, 0.717) is 0 Å². The van der Waals surface area contributed by atoms with Gasteiger partial charge in [0, 0.05) is 24.2 Å². The predicted octanol–water partition coefficient (Wildman–Crippen LogP) is 4.15. The van der Waals surface area contributed by atoms with Crippen molar-refractivity contribution in [2.75, 3.05) is 0 Å². The average molecular weight is 288 g/mol. The number of non-ortho nitro benzene ring substituents is 1. The highest BCUT2D eigenvalue weighted by atomic mass is 19.1. The molecule has 0 aliphatic rings. The molecule has 4 nitrogen and oxygen atoms in total. The number of halogens is 1. The summed E-state index contributed by atoms with van der Waals surface area (Å²) in [5, 5.41) is 14.2. The first-order valence-corrected chi connectivity index (χ1v) is 6.73. The lowest BCUT2D eigenvalue weighted by atomic mass is 10.0. The molecule has 0 aromatic heterocycles. The molecule has 0 bridgehead atoms. The molecule has 0 amide bonds. The van der Waals surface area contributed by atoms with E-state index in [1.165, 1.54) is 18.2 Å². The molecule has 0 heterocycles. The summed E-state index contributed by atoms with van der Waals surface area (Å²) in [6, 6.07) is 12.8. The van der Waals surface area contributed by atoms with E-state index < -0.39 is 4.92 Å². The van der Waals surface area contributed by atoms with Gasteiger partial charge in [0.2, 0.25) is 0 Å². The Morgan fingerprint density at radius 3 is 2.29 bits per heavy atom. The Bertz CT molecular complexity index is 628. The first-order valence-electron chi connectivity index (χ1n) is 6.73. The maximum Gasteiger partial charge on any atom is 0.269 e. The van der Waals surface area contributed by atoms with Crippen LogP contribution in [0.3, 0.4) is 0 Å². The minimum atomic E-state index is -0.403. The molecule has 0 aliphatic heterocycles. The lowest BCUT2D eigenvalue weighted by Crippen LogP contribution is -2.22. The molecule has 0 fully saturated rings. The Morgan fingerprint density at radius 1 is 1.05 bits per heavy atom. The van der Waals surface area contributed by atoms with E-state index in [-0.39, 0.29) is 23.6 Å². The monoisotopic (exact) mass is 288 g/mol. The molecule has 21 heavy (non-hydrogen) atoms. The van der Waals surface area contributed by atoms with Gasteiger partial charge in [-0.1, -0.05) is 24.3 Å². The molecule has 0 saturated carbocycles. The standard InChI is InChI=1S/C16H17FN2O2/c1-11(13-6-8-15(17)9-7-13)18-12(2)14-4-3-5-16(10-14)19(20)21/h3-12,18H,1-2H3/t11-,12?/m1/s1. The Morgan fingerprint density at radius 2 is 1.67 bits per heavy atom. The van der Waals surface area contributed by atoms with Gasteiger partial charge < -0.3 is 5.32 Å². The molecule has 110 valence electrons. The average Bonchev–Trinajstić information content (AvgIpc) is 2.48. The van der Waals surface area contributed by atoms with Crippen LogP contribution in [0.2, 0.25) is 0 Å². The van der Waals surface area contributed by atoms with Gasteiger partial charge in [-0.25, -0.2) is 4.39 Å². The third-order valence-electron chi connectivity index (χ3n) is 3.45. The maximum atomic E-state index is 12.9. The zero-order valence-electron chi connectivity index (χ0n) is 11.9. The summed E-state index contributed by atoms with van der Waals surface area (Å²) in [6.07, 6.45) is 0. The van der Waals surface area contributed by atoms with Gasteiger partial charge in [-0.2, -0.15) is 0 Å². The van der Waals surface area contributed by atoms with Crippen LogP contribution in [0.15, 0.2) is 48.5 Å². The van der Waals surface area contributed by atoms with Crippen molar-refractivity contribution in [1.29, 1.82) is 0 Å². The first-order chi connectivity index (χ1) is 9.97. The number of nitro benzene ring substituents is 1. The van der Waals surface area contributed by atoms with Gasteiger partial charge in [0.1, 0.15) is 5.82 Å². The predicted molar refractivity (Wildman–Crippen MR) is 79.5 cm³/mol. The SMILES string of the molecule is CC(N[C@H](C)c1ccc(F)cc1)c1cccc([N+](=O)[O-])c1. The number of hydrogen-bond donors (Lipinski definition) is 1. The van der Waals surface area contributed by atoms with E-state index in [0.717, 1.165) is 11.1 Å². The molecule has 0 aliphatic carbocycles. The van der Waals surface area contributed by atoms with Gasteiger partial charge in [-0.3, -0.25) is 10.1 Å². The zero-order chi connectivity index (χ0) is 15.4. The van der Waals surface area contributed by atoms with Crippen molar-refractivity contribution >= 4 is 5.69 Å². The highest BCUT2D eigenvalue weighted by Crippen LogP contribution is 2.22. The third-order valence-corrected chi connectivity index (χ3v) is 3.45. The minimum Gasteiger partial charge on any atom is -0.304 e. The van der Waals surface area contributed by atoms with Crippen LogP contribution in [0.5, 0.6) is 0 Å².